The molecule has 20 heavy (non-hydrogen) atoms. The third-order valence-corrected chi connectivity index (χ3v) is 4.27. The molecule has 0 aliphatic rings. The summed E-state index contributed by atoms with van der Waals surface area (Å²) in [5.74, 6) is 0. The Bertz CT molecular complexity index is 483. The van der Waals surface area contributed by atoms with Crippen molar-refractivity contribution < 1.29 is 0 Å². The summed E-state index contributed by atoms with van der Waals surface area (Å²) in [6.45, 7) is 14.4. The summed E-state index contributed by atoms with van der Waals surface area (Å²) < 4.78 is 0. The van der Waals surface area contributed by atoms with E-state index in [0.29, 0.717) is 0 Å². The van der Waals surface area contributed by atoms with Crippen LogP contribution < -0.4 is 0 Å². The lowest BCUT2D eigenvalue weighted by Crippen LogP contribution is -2.19. The van der Waals surface area contributed by atoms with Gasteiger partial charge in [-0.3, -0.25) is 0 Å². The number of hydrogen-bond acceptors (Lipinski definition) is 1. The van der Waals surface area contributed by atoms with Gasteiger partial charge in [0.05, 0.1) is 0 Å². The Morgan fingerprint density at radius 1 is 1.00 bits per heavy atom. The molecule has 0 saturated carbocycles. The quantitative estimate of drug-likeness (QED) is 0.659. The van der Waals surface area contributed by atoms with Crippen molar-refractivity contribution in [3.05, 3.63) is 45.7 Å². The maximum atomic E-state index is 2.43. The molecule has 0 bridgehead atoms. The molecule has 0 unspecified atom stereocenters. The van der Waals surface area contributed by atoms with Gasteiger partial charge in [-0.25, -0.2) is 0 Å². The van der Waals surface area contributed by atoms with Crippen LogP contribution >= 0.6 is 0 Å². The van der Waals surface area contributed by atoms with E-state index in [-0.39, 0.29) is 0 Å². The third-order valence-electron chi connectivity index (χ3n) is 4.27. The van der Waals surface area contributed by atoms with E-state index in [1.54, 1.807) is 5.57 Å². The summed E-state index contributed by atoms with van der Waals surface area (Å²) in [5.41, 5.74) is 8.69. The van der Waals surface area contributed by atoms with E-state index in [4.69, 9.17) is 0 Å². The molecular formula is C19H31N. The second kappa shape index (κ2) is 7.52. The monoisotopic (exact) mass is 273 g/mol. The van der Waals surface area contributed by atoms with Crippen molar-refractivity contribution in [1.82, 2.24) is 4.90 Å². The van der Waals surface area contributed by atoms with E-state index in [0.717, 1.165) is 13.0 Å². The maximum Gasteiger partial charge on any atom is 0.0425 e. The Morgan fingerprint density at radius 3 is 2.15 bits per heavy atom. The molecule has 1 heteroatoms. The van der Waals surface area contributed by atoms with Gasteiger partial charge < -0.3 is 4.90 Å². The number of aryl methyl sites for hydroxylation is 3. The molecule has 0 atom stereocenters. The third kappa shape index (κ3) is 4.13. The van der Waals surface area contributed by atoms with Crippen LogP contribution in [-0.2, 0) is 6.54 Å². The first kappa shape index (κ1) is 16.8. The predicted molar refractivity (Wildman–Crippen MR) is 90.0 cm³/mol. The van der Waals surface area contributed by atoms with Crippen molar-refractivity contribution in [2.45, 2.75) is 67.3 Å². The van der Waals surface area contributed by atoms with Crippen LogP contribution in [0.1, 0.15) is 62.3 Å². The van der Waals surface area contributed by atoms with Crippen LogP contribution in [0.25, 0.3) is 0 Å². The highest BCUT2D eigenvalue weighted by Crippen LogP contribution is 2.22. The van der Waals surface area contributed by atoms with Crippen LogP contribution in [0.2, 0.25) is 0 Å². The number of rotatable bonds is 6. The fourth-order valence-electron chi connectivity index (χ4n) is 2.96. The molecular weight excluding hydrogens is 242 g/mol. The van der Waals surface area contributed by atoms with Gasteiger partial charge in [-0.15, -0.1) is 0 Å². The molecule has 0 N–H and O–H groups in total. The minimum absolute atomic E-state index is 1.01. The van der Waals surface area contributed by atoms with Crippen molar-refractivity contribution in [2.24, 2.45) is 0 Å². The zero-order valence-electron chi connectivity index (χ0n) is 14.4. The summed E-state index contributed by atoms with van der Waals surface area (Å²) in [6, 6.07) is 4.66. The molecule has 0 spiro atoms. The highest BCUT2D eigenvalue weighted by Gasteiger charge is 2.09. The van der Waals surface area contributed by atoms with Gasteiger partial charge >= 0.3 is 0 Å². The Morgan fingerprint density at radius 2 is 1.60 bits per heavy atom. The summed E-state index contributed by atoms with van der Waals surface area (Å²) in [4.78, 5) is 2.43. The first-order chi connectivity index (χ1) is 9.40. The zero-order chi connectivity index (χ0) is 15.3. The number of allylic oxidation sites excluding steroid dienone is 2. The second-order valence-corrected chi connectivity index (χ2v) is 6.05. The van der Waals surface area contributed by atoms with Gasteiger partial charge in [0.2, 0.25) is 0 Å². The van der Waals surface area contributed by atoms with Crippen molar-refractivity contribution in [2.75, 3.05) is 7.05 Å². The van der Waals surface area contributed by atoms with Gasteiger partial charge in [0.25, 0.3) is 0 Å². The first-order valence-electron chi connectivity index (χ1n) is 7.87. The number of benzene rings is 1. The molecule has 0 saturated heterocycles. The first-order valence-corrected chi connectivity index (χ1v) is 7.87. The van der Waals surface area contributed by atoms with Crippen molar-refractivity contribution >= 4 is 0 Å². The summed E-state index contributed by atoms with van der Waals surface area (Å²) >= 11 is 0. The molecule has 1 aromatic rings. The normalized spacial score (nSPS) is 12.3. The lowest BCUT2D eigenvalue weighted by Gasteiger charge is -2.26. The molecule has 0 aliphatic heterocycles. The highest BCUT2D eigenvalue weighted by atomic mass is 15.1. The Balaban J connectivity index is 2.97. The van der Waals surface area contributed by atoms with Gasteiger partial charge in [-0.05, 0) is 62.8 Å². The smallest absolute Gasteiger partial charge is 0.0425 e. The van der Waals surface area contributed by atoms with Crippen LogP contribution in [-0.4, -0.2) is 11.9 Å². The minimum atomic E-state index is 1.01. The summed E-state index contributed by atoms with van der Waals surface area (Å²) in [7, 11) is 2.23. The zero-order valence-corrected chi connectivity index (χ0v) is 14.4. The Kier molecular flexibility index (Phi) is 6.32. The number of hydrogen-bond donors (Lipinski definition) is 0. The van der Waals surface area contributed by atoms with Crippen LogP contribution in [0.4, 0.5) is 0 Å². The molecule has 0 aromatic heterocycles. The van der Waals surface area contributed by atoms with E-state index >= 15 is 0 Å². The standard InChI is InChI=1S/C19H31N/c1-8-10-14(3)19(9-2)20(7)13-18-12-16(5)15(4)11-17(18)6/h11-12H,8-10,13H2,1-7H3/b19-14+. The van der Waals surface area contributed by atoms with Gasteiger partial charge in [0, 0.05) is 19.3 Å². The predicted octanol–water partition coefficient (Wildman–Crippen LogP) is 5.53. The van der Waals surface area contributed by atoms with Crippen LogP contribution in [0, 0.1) is 20.8 Å². The molecule has 0 fully saturated rings. The topological polar surface area (TPSA) is 3.24 Å². The van der Waals surface area contributed by atoms with Crippen LogP contribution in [0.3, 0.4) is 0 Å². The van der Waals surface area contributed by atoms with Crippen molar-refractivity contribution in [1.29, 1.82) is 0 Å². The molecule has 1 rings (SSSR count). The van der Waals surface area contributed by atoms with E-state index in [2.05, 4.69) is 65.6 Å². The number of nitrogens with zero attached hydrogens (tertiary/aromatic N) is 1. The summed E-state index contributed by atoms with van der Waals surface area (Å²) in [6.07, 6.45) is 3.55. The lowest BCUT2D eigenvalue weighted by atomic mass is 10.00. The molecule has 0 radical (unpaired) electrons. The fourth-order valence-corrected chi connectivity index (χ4v) is 2.96. The molecule has 112 valence electrons. The van der Waals surface area contributed by atoms with Gasteiger partial charge in [-0.1, -0.05) is 38.0 Å². The van der Waals surface area contributed by atoms with Gasteiger partial charge in [-0.2, -0.15) is 0 Å². The summed E-state index contributed by atoms with van der Waals surface area (Å²) in [5, 5.41) is 0. The molecule has 1 aromatic carbocycles. The van der Waals surface area contributed by atoms with E-state index in [9.17, 15) is 0 Å². The maximum absolute atomic E-state index is 2.43. The molecule has 0 aliphatic carbocycles. The Labute approximate surface area is 125 Å². The average molecular weight is 273 g/mol. The largest absolute Gasteiger partial charge is 0.374 e. The fraction of sp³-hybridized carbons (Fsp3) is 0.579. The van der Waals surface area contributed by atoms with E-state index < -0.39 is 0 Å². The Hall–Kier alpha value is -1.24. The van der Waals surface area contributed by atoms with Gasteiger partial charge in [0.1, 0.15) is 0 Å². The van der Waals surface area contributed by atoms with E-state index in [1.807, 2.05) is 0 Å². The van der Waals surface area contributed by atoms with Crippen LogP contribution in [0.5, 0.6) is 0 Å². The lowest BCUT2D eigenvalue weighted by molar-refractivity contribution is 0.391. The van der Waals surface area contributed by atoms with Gasteiger partial charge in [0.15, 0.2) is 0 Å². The SMILES string of the molecule is CCC/C(C)=C(\CC)N(C)Cc1cc(C)c(C)cc1C. The van der Waals surface area contributed by atoms with Crippen LogP contribution in [0.15, 0.2) is 23.4 Å². The molecule has 0 amide bonds. The van der Waals surface area contributed by atoms with Crippen molar-refractivity contribution in [3.63, 3.8) is 0 Å². The van der Waals surface area contributed by atoms with E-state index in [1.165, 1.54) is 40.8 Å². The highest BCUT2D eigenvalue weighted by molar-refractivity contribution is 5.36. The van der Waals surface area contributed by atoms with Crippen molar-refractivity contribution in [3.8, 4) is 0 Å². The second-order valence-electron chi connectivity index (χ2n) is 6.05. The molecule has 1 nitrogen and oxygen atoms in total. The molecule has 0 heterocycles. The minimum Gasteiger partial charge on any atom is -0.374 e. The average Bonchev–Trinajstić information content (AvgIpc) is 2.37.